The Morgan fingerprint density at radius 2 is 2.36 bits per heavy atom. The van der Waals surface area contributed by atoms with E-state index in [9.17, 15) is 9.90 Å². The molecule has 0 saturated heterocycles. The van der Waals surface area contributed by atoms with E-state index in [-0.39, 0.29) is 18.2 Å². The SMILES string of the molecule is O=C(O)CC1Cc2c(O)cccc2N1. The number of aromatic hydroxyl groups is 1. The van der Waals surface area contributed by atoms with Gasteiger partial charge in [0.15, 0.2) is 0 Å². The highest BCUT2D eigenvalue weighted by molar-refractivity contribution is 5.70. The molecule has 4 nitrogen and oxygen atoms in total. The molecule has 0 fully saturated rings. The van der Waals surface area contributed by atoms with Crippen LogP contribution >= 0.6 is 0 Å². The van der Waals surface area contributed by atoms with E-state index >= 15 is 0 Å². The second kappa shape index (κ2) is 3.21. The van der Waals surface area contributed by atoms with Gasteiger partial charge in [0.25, 0.3) is 0 Å². The van der Waals surface area contributed by atoms with Crippen LogP contribution in [0.3, 0.4) is 0 Å². The number of nitrogens with one attached hydrogen (secondary N) is 1. The first-order chi connectivity index (χ1) is 6.66. The summed E-state index contributed by atoms with van der Waals surface area (Å²) in [5, 5.41) is 21.2. The minimum Gasteiger partial charge on any atom is -0.508 e. The molecule has 0 aliphatic carbocycles. The van der Waals surface area contributed by atoms with Crippen molar-refractivity contribution in [3.63, 3.8) is 0 Å². The molecule has 1 aliphatic rings. The standard InChI is InChI=1S/C10H11NO3/c12-9-3-1-2-8-7(9)4-6(11-8)5-10(13)14/h1-3,6,11-12H,4-5H2,(H,13,14). The van der Waals surface area contributed by atoms with E-state index in [0.717, 1.165) is 11.3 Å². The van der Waals surface area contributed by atoms with Crippen molar-refractivity contribution in [2.45, 2.75) is 18.9 Å². The number of aliphatic carboxylic acids is 1. The van der Waals surface area contributed by atoms with Gasteiger partial charge in [0.05, 0.1) is 6.42 Å². The molecule has 74 valence electrons. The third kappa shape index (κ3) is 1.51. The first kappa shape index (κ1) is 8.87. The monoisotopic (exact) mass is 193 g/mol. The van der Waals surface area contributed by atoms with Gasteiger partial charge in [0.1, 0.15) is 5.75 Å². The van der Waals surface area contributed by atoms with Crippen molar-refractivity contribution < 1.29 is 15.0 Å². The molecule has 4 heteroatoms. The Balaban J connectivity index is 2.18. The molecule has 0 bridgehead atoms. The molecular formula is C10H11NO3. The van der Waals surface area contributed by atoms with E-state index < -0.39 is 5.97 Å². The number of hydrogen-bond donors (Lipinski definition) is 3. The number of carboxylic acid groups (broad SMARTS) is 1. The Labute approximate surface area is 81.2 Å². The van der Waals surface area contributed by atoms with Crippen LogP contribution in [0.15, 0.2) is 18.2 Å². The van der Waals surface area contributed by atoms with Crippen LogP contribution in [-0.4, -0.2) is 22.2 Å². The second-order valence-electron chi connectivity index (χ2n) is 3.45. The van der Waals surface area contributed by atoms with E-state index in [1.807, 2.05) is 6.07 Å². The number of carbonyl (C=O) groups is 1. The number of benzene rings is 1. The maximum atomic E-state index is 10.5. The first-order valence-electron chi connectivity index (χ1n) is 4.46. The van der Waals surface area contributed by atoms with Gasteiger partial charge in [0.2, 0.25) is 0 Å². The number of rotatable bonds is 2. The van der Waals surface area contributed by atoms with Crippen molar-refractivity contribution in [1.29, 1.82) is 0 Å². The molecule has 0 radical (unpaired) electrons. The van der Waals surface area contributed by atoms with Crippen LogP contribution in [0.1, 0.15) is 12.0 Å². The first-order valence-corrected chi connectivity index (χ1v) is 4.46. The Kier molecular flexibility index (Phi) is 2.04. The maximum Gasteiger partial charge on any atom is 0.305 e. The normalized spacial score (nSPS) is 18.7. The minimum absolute atomic E-state index is 0.0775. The smallest absolute Gasteiger partial charge is 0.305 e. The largest absolute Gasteiger partial charge is 0.508 e. The number of phenolic OH excluding ortho intramolecular Hbond substituents is 1. The van der Waals surface area contributed by atoms with Gasteiger partial charge in [-0.2, -0.15) is 0 Å². The molecule has 1 heterocycles. The summed E-state index contributed by atoms with van der Waals surface area (Å²) in [6, 6.07) is 5.10. The van der Waals surface area contributed by atoms with Crippen molar-refractivity contribution >= 4 is 11.7 Å². The van der Waals surface area contributed by atoms with E-state index in [4.69, 9.17) is 5.11 Å². The Morgan fingerprint density at radius 3 is 3.00 bits per heavy atom. The minimum atomic E-state index is -0.824. The van der Waals surface area contributed by atoms with Crippen molar-refractivity contribution in [3.8, 4) is 5.75 Å². The third-order valence-corrected chi connectivity index (χ3v) is 2.38. The van der Waals surface area contributed by atoms with Crippen LogP contribution in [0, 0.1) is 0 Å². The molecule has 1 aliphatic heterocycles. The summed E-state index contributed by atoms with van der Waals surface area (Å²) in [7, 11) is 0. The quantitative estimate of drug-likeness (QED) is 0.660. The highest BCUT2D eigenvalue weighted by Crippen LogP contribution is 2.33. The van der Waals surface area contributed by atoms with Gasteiger partial charge >= 0.3 is 5.97 Å². The summed E-state index contributed by atoms with van der Waals surface area (Å²) >= 11 is 0. The molecule has 1 unspecified atom stereocenters. The lowest BCUT2D eigenvalue weighted by atomic mass is 10.1. The second-order valence-corrected chi connectivity index (χ2v) is 3.45. The lowest BCUT2D eigenvalue weighted by Gasteiger charge is -2.06. The Morgan fingerprint density at radius 1 is 1.57 bits per heavy atom. The number of phenols is 1. The summed E-state index contributed by atoms with van der Waals surface area (Å²) in [5.74, 6) is -0.585. The molecule has 1 aromatic carbocycles. The lowest BCUT2D eigenvalue weighted by Crippen LogP contribution is -2.19. The van der Waals surface area contributed by atoms with Crippen LogP contribution in [0.25, 0.3) is 0 Å². The highest BCUT2D eigenvalue weighted by atomic mass is 16.4. The van der Waals surface area contributed by atoms with Crippen molar-refractivity contribution in [3.05, 3.63) is 23.8 Å². The van der Waals surface area contributed by atoms with E-state index in [1.165, 1.54) is 0 Å². The number of anilines is 1. The van der Waals surface area contributed by atoms with Gasteiger partial charge in [-0.25, -0.2) is 0 Å². The van der Waals surface area contributed by atoms with Crippen molar-refractivity contribution in [2.75, 3.05) is 5.32 Å². The molecule has 0 saturated carbocycles. The summed E-state index contributed by atoms with van der Waals surface area (Å²) < 4.78 is 0. The zero-order chi connectivity index (χ0) is 10.1. The zero-order valence-electron chi connectivity index (χ0n) is 7.53. The Hall–Kier alpha value is -1.71. The summed E-state index contributed by atoms with van der Waals surface area (Å²) in [4.78, 5) is 10.5. The fraction of sp³-hybridized carbons (Fsp3) is 0.300. The predicted molar refractivity (Wildman–Crippen MR) is 51.5 cm³/mol. The number of fused-ring (bicyclic) bond motifs is 1. The molecule has 0 amide bonds. The summed E-state index contributed by atoms with van der Waals surface area (Å²) in [5.41, 5.74) is 1.66. The topological polar surface area (TPSA) is 69.6 Å². The van der Waals surface area contributed by atoms with Crippen LogP contribution in [0.5, 0.6) is 5.75 Å². The average Bonchev–Trinajstić information content (AvgIpc) is 2.47. The molecule has 0 aromatic heterocycles. The van der Waals surface area contributed by atoms with E-state index in [0.29, 0.717) is 6.42 Å². The molecule has 0 spiro atoms. The van der Waals surface area contributed by atoms with Gasteiger partial charge < -0.3 is 15.5 Å². The fourth-order valence-electron chi connectivity index (χ4n) is 1.78. The van der Waals surface area contributed by atoms with Gasteiger partial charge in [-0.3, -0.25) is 4.79 Å². The number of carboxylic acids is 1. The van der Waals surface area contributed by atoms with E-state index in [2.05, 4.69) is 5.32 Å². The average molecular weight is 193 g/mol. The van der Waals surface area contributed by atoms with Gasteiger partial charge in [-0.15, -0.1) is 0 Å². The molecule has 14 heavy (non-hydrogen) atoms. The van der Waals surface area contributed by atoms with Gasteiger partial charge in [-0.1, -0.05) is 6.07 Å². The molecule has 1 aromatic rings. The third-order valence-electron chi connectivity index (χ3n) is 2.38. The zero-order valence-corrected chi connectivity index (χ0v) is 7.53. The van der Waals surface area contributed by atoms with Crippen molar-refractivity contribution in [1.82, 2.24) is 0 Å². The lowest BCUT2D eigenvalue weighted by molar-refractivity contribution is -0.137. The van der Waals surface area contributed by atoms with E-state index in [1.54, 1.807) is 12.1 Å². The highest BCUT2D eigenvalue weighted by Gasteiger charge is 2.24. The van der Waals surface area contributed by atoms with Crippen LogP contribution in [0.2, 0.25) is 0 Å². The van der Waals surface area contributed by atoms with Crippen LogP contribution < -0.4 is 5.32 Å². The summed E-state index contributed by atoms with van der Waals surface area (Å²) in [6.45, 7) is 0. The Bertz CT molecular complexity index is 376. The van der Waals surface area contributed by atoms with Crippen LogP contribution in [-0.2, 0) is 11.2 Å². The van der Waals surface area contributed by atoms with Gasteiger partial charge in [0, 0.05) is 17.3 Å². The fourth-order valence-corrected chi connectivity index (χ4v) is 1.78. The van der Waals surface area contributed by atoms with Crippen LogP contribution in [0.4, 0.5) is 5.69 Å². The molecule has 1 atom stereocenters. The molecular weight excluding hydrogens is 182 g/mol. The van der Waals surface area contributed by atoms with Crippen molar-refractivity contribution in [2.24, 2.45) is 0 Å². The predicted octanol–water partition coefficient (Wildman–Crippen LogP) is 1.20. The molecule has 2 rings (SSSR count). The molecule has 3 N–H and O–H groups in total. The summed E-state index contributed by atoms with van der Waals surface area (Å²) in [6.07, 6.45) is 0.655. The number of hydrogen-bond acceptors (Lipinski definition) is 3. The maximum absolute atomic E-state index is 10.5. The van der Waals surface area contributed by atoms with Gasteiger partial charge in [-0.05, 0) is 18.6 Å².